The number of nitrogens with two attached hydrogens (primary N) is 1. The minimum atomic E-state index is -0.933. The van der Waals surface area contributed by atoms with Gasteiger partial charge in [-0.25, -0.2) is 0 Å². The lowest BCUT2D eigenvalue weighted by atomic mass is 10.1. The zero-order valence-electron chi connectivity index (χ0n) is 7.49. The third-order valence-electron chi connectivity index (χ3n) is 1.80. The van der Waals surface area contributed by atoms with Crippen molar-refractivity contribution in [3.05, 3.63) is 33.6 Å². The molecular weight excluding hydrogens is 191 g/mol. The fourth-order valence-corrected chi connectivity index (χ4v) is 1.11. The van der Waals surface area contributed by atoms with E-state index >= 15 is 0 Å². The van der Waals surface area contributed by atoms with Crippen molar-refractivity contribution in [2.75, 3.05) is 7.11 Å². The Hall–Kier alpha value is -1.69. The molecule has 0 amide bonds. The van der Waals surface area contributed by atoms with Gasteiger partial charge >= 0.3 is 5.69 Å². The fourth-order valence-electron chi connectivity index (χ4n) is 1.11. The number of nitro benzene ring substituents is 1. The topological polar surface area (TPSA) is 78.4 Å². The Kier molecular flexibility index (Phi) is 2.98. The molecule has 0 spiro atoms. The maximum absolute atomic E-state index is 13.4. The molecule has 14 heavy (non-hydrogen) atoms. The Morgan fingerprint density at radius 1 is 1.64 bits per heavy atom. The minimum Gasteiger partial charge on any atom is -0.496 e. The van der Waals surface area contributed by atoms with Crippen molar-refractivity contribution in [1.82, 2.24) is 0 Å². The van der Waals surface area contributed by atoms with Crippen molar-refractivity contribution in [3.63, 3.8) is 0 Å². The maximum atomic E-state index is 13.4. The van der Waals surface area contributed by atoms with Crippen LogP contribution in [-0.4, -0.2) is 12.0 Å². The summed E-state index contributed by atoms with van der Waals surface area (Å²) < 4.78 is 18.2. The molecule has 0 aliphatic heterocycles. The second-order valence-corrected chi connectivity index (χ2v) is 2.54. The Morgan fingerprint density at radius 3 is 2.71 bits per heavy atom. The molecule has 76 valence electrons. The summed E-state index contributed by atoms with van der Waals surface area (Å²) in [6, 6.07) is 2.37. The average Bonchev–Trinajstić information content (AvgIpc) is 2.16. The van der Waals surface area contributed by atoms with Crippen LogP contribution in [0.15, 0.2) is 12.1 Å². The van der Waals surface area contributed by atoms with Gasteiger partial charge in [-0.1, -0.05) is 0 Å². The van der Waals surface area contributed by atoms with Gasteiger partial charge in [-0.05, 0) is 6.07 Å². The number of hydrogen-bond acceptors (Lipinski definition) is 4. The zero-order valence-corrected chi connectivity index (χ0v) is 7.49. The van der Waals surface area contributed by atoms with E-state index < -0.39 is 16.4 Å². The Bertz CT molecular complexity index is 368. The molecule has 0 fully saturated rings. The SMILES string of the molecule is COc1ccc([N+](=O)[O-])c(F)c1CN. The zero-order chi connectivity index (χ0) is 10.7. The largest absolute Gasteiger partial charge is 0.496 e. The van der Waals surface area contributed by atoms with Crippen molar-refractivity contribution >= 4 is 5.69 Å². The van der Waals surface area contributed by atoms with E-state index in [1.165, 1.54) is 13.2 Å². The number of rotatable bonds is 3. The molecule has 0 saturated carbocycles. The van der Waals surface area contributed by atoms with Gasteiger partial charge in [0.15, 0.2) is 0 Å². The van der Waals surface area contributed by atoms with Gasteiger partial charge in [0.1, 0.15) is 5.75 Å². The summed E-state index contributed by atoms with van der Waals surface area (Å²) in [5.74, 6) is -0.715. The molecular formula is C8H9FN2O3. The predicted octanol–water partition coefficient (Wildman–Crippen LogP) is 1.20. The molecule has 0 radical (unpaired) electrons. The second-order valence-electron chi connectivity index (χ2n) is 2.54. The van der Waals surface area contributed by atoms with Crippen molar-refractivity contribution in [2.24, 2.45) is 5.73 Å². The van der Waals surface area contributed by atoms with E-state index in [1.807, 2.05) is 0 Å². The van der Waals surface area contributed by atoms with Gasteiger partial charge in [0.2, 0.25) is 5.82 Å². The lowest BCUT2D eigenvalue weighted by Crippen LogP contribution is -2.05. The van der Waals surface area contributed by atoms with Gasteiger partial charge in [0, 0.05) is 12.6 Å². The first-order valence-corrected chi connectivity index (χ1v) is 3.81. The van der Waals surface area contributed by atoms with E-state index in [0.29, 0.717) is 0 Å². The molecule has 1 aromatic rings. The van der Waals surface area contributed by atoms with Crippen molar-refractivity contribution in [2.45, 2.75) is 6.54 Å². The molecule has 5 nitrogen and oxygen atoms in total. The number of halogens is 1. The lowest BCUT2D eigenvalue weighted by molar-refractivity contribution is -0.387. The number of methoxy groups -OCH3 is 1. The van der Waals surface area contributed by atoms with Gasteiger partial charge in [-0.2, -0.15) is 4.39 Å². The summed E-state index contributed by atoms with van der Waals surface area (Å²) in [4.78, 5) is 9.58. The van der Waals surface area contributed by atoms with E-state index in [9.17, 15) is 14.5 Å². The first kappa shape index (κ1) is 10.4. The predicted molar refractivity (Wildman–Crippen MR) is 47.5 cm³/mol. The van der Waals surface area contributed by atoms with Gasteiger partial charge in [-0.3, -0.25) is 10.1 Å². The van der Waals surface area contributed by atoms with Crippen molar-refractivity contribution in [1.29, 1.82) is 0 Å². The number of benzene rings is 1. The average molecular weight is 200 g/mol. The molecule has 1 aromatic carbocycles. The fraction of sp³-hybridized carbons (Fsp3) is 0.250. The molecule has 0 saturated heterocycles. The number of nitrogens with zero attached hydrogens (tertiary/aromatic N) is 1. The van der Waals surface area contributed by atoms with Crippen LogP contribution in [0.5, 0.6) is 5.75 Å². The van der Waals surface area contributed by atoms with Crippen molar-refractivity contribution < 1.29 is 14.1 Å². The molecule has 2 N–H and O–H groups in total. The summed E-state index contributed by atoms with van der Waals surface area (Å²) >= 11 is 0. The smallest absolute Gasteiger partial charge is 0.305 e. The van der Waals surface area contributed by atoms with Crippen LogP contribution in [0.1, 0.15) is 5.56 Å². The van der Waals surface area contributed by atoms with Gasteiger partial charge < -0.3 is 10.5 Å². The molecule has 0 heterocycles. The van der Waals surface area contributed by atoms with E-state index in [0.717, 1.165) is 6.07 Å². The van der Waals surface area contributed by atoms with E-state index in [4.69, 9.17) is 10.5 Å². The van der Waals surface area contributed by atoms with Crippen LogP contribution in [0.2, 0.25) is 0 Å². The van der Waals surface area contributed by atoms with Gasteiger partial charge in [-0.15, -0.1) is 0 Å². The molecule has 0 bridgehead atoms. The number of hydrogen-bond donors (Lipinski definition) is 1. The van der Waals surface area contributed by atoms with Crippen LogP contribution in [0, 0.1) is 15.9 Å². The normalized spacial score (nSPS) is 9.93. The van der Waals surface area contributed by atoms with Crippen LogP contribution in [0.25, 0.3) is 0 Å². The summed E-state index contributed by atoms with van der Waals surface area (Å²) in [5.41, 5.74) is 4.68. The monoisotopic (exact) mass is 200 g/mol. The van der Waals surface area contributed by atoms with Crippen LogP contribution < -0.4 is 10.5 Å². The Balaban J connectivity index is 3.34. The third-order valence-corrected chi connectivity index (χ3v) is 1.80. The van der Waals surface area contributed by atoms with Crippen LogP contribution in [0.3, 0.4) is 0 Å². The highest BCUT2D eigenvalue weighted by molar-refractivity contribution is 5.45. The third kappa shape index (κ3) is 1.64. The van der Waals surface area contributed by atoms with E-state index in [2.05, 4.69) is 0 Å². The van der Waals surface area contributed by atoms with Crippen LogP contribution in [-0.2, 0) is 6.54 Å². The summed E-state index contributed by atoms with van der Waals surface area (Å²) in [6.07, 6.45) is 0. The standard InChI is InChI=1S/C8H9FN2O3/c1-14-7-3-2-6(11(12)13)8(9)5(7)4-10/h2-3H,4,10H2,1H3. The molecule has 0 unspecified atom stereocenters. The van der Waals surface area contributed by atoms with Crippen LogP contribution >= 0.6 is 0 Å². The quantitative estimate of drug-likeness (QED) is 0.587. The maximum Gasteiger partial charge on any atom is 0.305 e. The summed E-state index contributed by atoms with van der Waals surface area (Å²) in [5, 5.41) is 10.4. The Labute approximate surface area is 79.4 Å². The summed E-state index contributed by atoms with van der Waals surface area (Å²) in [6.45, 7) is -0.142. The summed E-state index contributed by atoms with van der Waals surface area (Å²) in [7, 11) is 1.35. The molecule has 0 aromatic heterocycles. The minimum absolute atomic E-state index is 0.0155. The molecule has 1 rings (SSSR count). The first-order chi connectivity index (χ1) is 6.61. The van der Waals surface area contributed by atoms with Crippen molar-refractivity contribution in [3.8, 4) is 5.75 Å². The van der Waals surface area contributed by atoms with Gasteiger partial charge in [0.25, 0.3) is 0 Å². The highest BCUT2D eigenvalue weighted by Gasteiger charge is 2.20. The molecule has 0 atom stereocenters. The van der Waals surface area contributed by atoms with Crippen LogP contribution in [0.4, 0.5) is 10.1 Å². The highest BCUT2D eigenvalue weighted by atomic mass is 19.1. The van der Waals surface area contributed by atoms with E-state index in [-0.39, 0.29) is 17.9 Å². The number of nitro groups is 1. The first-order valence-electron chi connectivity index (χ1n) is 3.81. The highest BCUT2D eigenvalue weighted by Crippen LogP contribution is 2.28. The number of ether oxygens (including phenoxy) is 1. The molecule has 0 aliphatic carbocycles. The Morgan fingerprint density at radius 2 is 2.29 bits per heavy atom. The molecule has 0 aliphatic rings. The lowest BCUT2D eigenvalue weighted by Gasteiger charge is -2.06. The van der Waals surface area contributed by atoms with Gasteiger partial charge in [0.05, 0.1) is 17.6 Å². The van der Waals surface area contributed by atoms with E-state index in [1.54, 1.807) is 0 Å². The second kappa shape index (κ2) is 4.01. The molecule has 6 heteroatoms.